The summed E-state index contributed by atoms with van der Waals surface area (Å²) in [7, 11) is 0. The van der Waals surface area contributed by atoms with Crippen molar-refractivity contribution in [2.75, 3.05) is 44.2 Å². The predicted octanol–water partition coefficient (Wildman–Crippen LogP) is 2.91. The van der Waals surface area contributed by atoms with Gasteiger partial charge in [0.2, 0.25) is 12.3 Å². The maximum absolute atomic E-state index is 13.6. The third kappa shape index (κ3) is 4.67. The van der Waals surface area contributed by atoms with E-state index in [1.54, 1.807) is 15.9 Å². The molecule has 8 nitrogen and oxygen atoms in total. The summed E-state index contributed by atoms with van der Waals surface area (Å²) < 4.78 is 0. The molecule has 0 aromatic heterocycles. The van der Waals surface area contributed by atoms with E-state index in [0.29, 0.717) is 50.4 Å². The van der Waals surface area contributed by atoms with Crippen LogP contribution in [0.25, 0.3) is 0 Å². The van der Waals surface area contributed by atoms with Gasteiger partial charge in [-0.3, -0.25) is 24.1 Å². The van der Waals surface area contributed by atoms with Gasteiger partial charge in [0.05, 0.1) is 16.8 Å². The molecule has 35 heavy (non-hydrogen) atoms. The van der Waals surface area contributed by atoms with Crippen LogP contribution < -0.4 is 4.90 Å². The number of anilines is 1. The van der Waals surface area contributed by atoms with Gasteiger partial charge >= 0.3 is 0 Å². The second-order valence-electron chi connectivity index (χ2n) is 10.4. The Labute approximate surface area is 207 Å². The average molecular weight is 481 g/mol. The fraction of sp³-hybridized carbons (Fsp3) is 0.630. The maximum atomic E-state index is 13.6. The number of fused-ring (bicyclic) bond motifs is 1. The van der Waals surface area contributed by atoms with Gasteiger partial charge in [-0.1, -0.05) is 38.2 Å². The third-order valence-corrected chi connectivity index (χ3v) is 8.32. The van der Waals surface area contributed by atoms with E-state index in [9.17, 15) is 19.2 Å². The summed E-state index contributed by atoms with van der Waals surface area (Å²) in [4.78, 5) is 58.2. The number of amides is 4. The standard InChI is InChI=1S/C27H36N4O4/c32-19-28-15-17-30(18-16-28)25(33)20-11-13-29(14-12-20)23-10-6-9-22-24(23)27(35)31(26(22)34)21-7-4-2-1-3-5-8-21/h6,9-10,19-21H,1-5,7-8,11-18H2. The molecule has 0 bridgehead atoms. The highest BCUT2D eigenvalue weighted by atomic mass is 16.2. The molecular weight excluding hydrogens is 444 g/mol. The molecule has 0 atom stereocenters. The summed E-state index contributed by atoms with van der Waals surface area (Å²) in [6.45, 7) is 3.75. The van der Waals surface area contributed by atoms with Crippen LogP contribution >= 0.6 is 0 Å². The van der Waals surface area contributed by atoms with Gasteiger partial charge in [-0.15, -0.1) is 0 Å². The molecule has 2 saturated heterocycles. The van der Waals surface area contributed by atoms with Gasteiger partial charge in [0.25, 0.3) is 11.8 Å². The van der Waals surface area contributed by atoms with Gasteiger partial charge in [0.15, 0.2) is 0 Å². The summed E-state index contributed by atoms with van der Waals surface area (Å²) >= 11 is 0. The Hall–Kier alpha value is -2.90. The first-order chi connectivity index (χ1) is 17.1. The second-order valence-corrected chi connectivity index (χ2v) is 10.4. The molecule has 3 fully saturated rings. The highest BCUT2D eigenvalue weighted by molar-refractivity contribution is 6.24. The largest absolute Gasteiger partial charge is 0.371 e. The number of hydrogen-bond donors (Lipinski definition) is 0. The molecule has 0 unspecified atom stereocenters. The minimum absolute atomic E-state index is 0.00131. The minimum Gasteiger partial charge on any atom is -0.371 e. The zero-order valence-corrected chi connectivity index (χ0v) is 20.5. The number of piperazine rings is 1. The Balaban J connectivity index is 1.26. The highest BCUT2D eigenvalue weighted by Gasteiger charge is 2.42. The normalized spacial score (nSPS) is 22.7. The van der Waals surface area contributed by atoms with Crippen LogP contribution in [0.5, 0.6) is 0 Å². The topological polar surface area (TPSA) is 81.2 Å². The molecule has 4 amide bonds. The van der Waals surface area contributed by atoms with Gasteiger partial charge in [0, 0.05) is 51.2 Å². The first-order valence-electron chi connectivity index (χ1n) is 13.3. The molecule has 8 heteroatoms. The zero-order chi connectivity index (χ0) is 24.4. The van der Waals surface area contributed by atoms with Gasteiger partial charge < -0.3 is 14.7 Å². The predicted molar refractivity (Wildman–Crippen MR) is 132 cm³/mol. The van der Waals surface area contributed by atoms with Crippen LogP contribution in [0.1, 0.15) is 78.5 Å². The van der Waals surface area contributed by atoms with Gasteiger partial charge in [-0.25, -0.2) is 0 Å². The number of imide groups is 1. The van der Waals surface area contributed by atoms with Crippen molar-refractivity contribution < 1.29 is 19.2 Å². The van der Waals surface area contributed by atoms with Crippen molar-refractivity contribution in [1.82, 2.24) is 14.7 Å². The number of benzene rings is 1. The first kappa shape index (κ1) is 23.8. The number of hydrogen-bond acceptors (Lipinski definition) is 5. The Morgan fingerprint density at radius 3 is 2.11 bits per heavy atom. The molecular formula is C27H36N4O4. The van der Waals surface area contributed by atoms with E-state index in [0.717, 1.165) is 50.6 Å². The van der Waals surface area contributed by atoms with E-state index in [2.05, 4.69) is 4.90 Å². The van der Waals surface area contributed by atoms with Crippen LogP contribution in [0.4, 0.5) is 5.69 Å². The molecule has 1 aromatic carbocycles. The zero-order valence-electron chi connectivity index (χ0n) is 20.5. The lowest BCUT2D eigenvalue weighted by Gasteiger charge is -2.38. The number of carbonyl (C=O) groups is 4. The van der Waals surface area contributed by atoms with Crippen LogP contribution in [-0.4, -0.2) is 84.1 Å². The summed E-state index contributed by atoms with van der Waals surface area (Å²) in [5.41, 5.74) is 1.91. The molecule has 1 saturated carbocycles. The van der Waals surface area contributed by atoms with Crippen molar-refractivity contribution in [3.8, 4) is 0 Å². The molecule has 0 spiro atoms. The second kappa shape index (κ2) is 10.4. The lowest BCUT2D eigenvalue weighted by Crippen LogP contribution is -2.51. The van der Waals surface area contributed by atoms with E-state index in [4.69, 9.17) is 0 Å². The highest BCUT2D eigenvalue weighted by Crippen LogP contribution is 2.37. The minimum atomic E-state index is -0.142. The molecule has 5 rings (SSSR count). The SMILES string of the molecule is O=CN1CCN(C(=O)C2CCN(c3cccc4c3C(=O)N(C3CCCCCCC3)C4=O)CC2)CC1. The Bertz CT molecular complexity index is 971. The molecule has 188 valence electrons. The lowest BCUT2D eigenvalue weighted by atomic mass is 9.93. The molecule has 3 aliphatic heterocycles. The van der Waals surface area contributed by atoms with Crippen molar-refractivity contribution in [3.05, 3.63) is 29.3 Å². The van der Waals surface area contributed by atoms with E-state index in [1.807, 2.05) is 17.0 Å². The van der Waals surface area contributed by atoms with Gasteiger partial charge in [-0.2, -0.15) is 0 Å². The molecule has 0 N–H and O–H groups in total. The number of piperidine rings is 1. The summed E-state index contributed by atoms with van der Waals surface area (Å²) in [5.74, 6) is -0.140. The summed E-state index contributed by atoms with van der Waals surface area (Å²) in [6, 6.07) is 5.62. The van der Waals surface area contributed by atoms with Gasteiger partial charge in [0.1, 0.15) is 0 Å². The summed E-state index contributed by atoms with van der Waals surface area (Å²) in [5, 5.41) is 0. The Kier molecular flexibility index (Phi) is 7.07. The monoisotopic (exact) mass is 480 g/mol. The molecule has 0 radical (unpaired) electrons. The van der Waals surface area contributed by atoms with Crippen LogP contribution in [0, 0.1) is 5.92 Å². The summed E-state index contributed by atoms with van der Waals surface area (Å²) in [6.07, 6.45) is 9.82. The van der Waals surface area contributed by atoms with Crippen molar-refractivity contribution in [1.29, 1.82) is 0 Å². The fourth-order valence-corrected chi connectivity index (χ4v) is 6.25. The maximum Gasteiger partial charge on any atom is 0.263 e. The van der Waals surface area contributed by atoms with Crippen LogP contribution in [-0.2, 0) is 9.59 Å². The van der Waals surface area contributed by atoms with Crippen molar-refractivity contribution in [3.63, 3.8) is 0 Å². The van der Waals surface area contributed by atoms with Gasteiger partial charge in [-0.05, 0) is 37.8 Å². The fourth-order valence-electron chi connectivity index (χ4n) is 6.25. The van der Waals surface area contributed by atoms with Crippen LogP contribution in [0.3, 0.4) is 0 Å². The number of rotatable bonds is 4. The molecule has 1 aliphatic carbocycles. The first-order valence-corrected chi connectivity index (χ1v) is 13.3. The van der Waals surface area contributed by atoms with Crippen molar-refractivity contribution in [2.45, 2.75) is 63.8 Å². The van der Waals surface area contributed by atoms with Crippen molar-refractivity contribution in [2.24, 2.45) is 5.92 Å². The quantitative estimate of drug-likeness (QED) is 0.489. The van der Waals surface area contributed by atoms with Crippen molar-refractivity contribution >= 4 is 29.8 Å². The van der Waals surface area contributed by atoms with E-state index in [1.165, 1.54) is 19.3 Å². The van der Waals surface area contributed by atoms with E-state index < -0.39 is 0 Å². The Morgan fingerprint density at radius 2 is 1.46 bits per heavy atom. The van der Waals surface area contributed by atoms with E-state index >= 15 is 0 Å². The Morgan fingerprint density at radius 1 is 0.800 bits per heavy atom. The average Bonchev–Trinajstić information content (AvgIpc) is 3.14. The molecule has 4 aliphatic rings. The number of nitrogens with zero attached hydrogens (tertiary/aromatic N) is 4. The van der Waals surface area contributed by atoms with E-state index in [-0.39, 0.29) is 29.7 Å². The third-order valence-electron chi connectivity index (χ3n) is 8.32. The van der Waals surface area contributed by atoms with Crippen LogP contribution in [0.15, 0.2) is 18.2 Å². The lowest BCUT2D eigenvalue weighted by molar-refractivity contribution is -0.139. The van der Waals surface area contributed by atoms with Crippen LogP contribution in [0.2, 0.25) is 0 Å². The number of carbonyl (C=O) groups excluding carboxylic acids is 4. The molecule has 3 heterocycles. The molecule has 1 aromatic rings. The smallest absolute Gasteiger partial charge is 0.263 e.